The van der Waals surface area contributed by atoms with Crippen molar-refractivity contribution in [3.05, 3.63) is 10.4 Å². The van der Waals surface area contributed by atoms with Crippen molar-refractivity contribution >= 4 is 27.9 Å². The Morgan fingerprint density at radius 1 is 1.65 bits per heavy atom. The van der Waals surface area contributed by atoms with Crippen LogP contribution in [-0.2, 0) is 0 Å². The van der Waals surface area contributed by atoms with Gasteiger partial charge in [0.2, 0.25) is 0 Å². The molecule has 0 saturated carbocycles. The zero-order chi connectivity index (χ0) is 13.0. The number of carbonyl (C=O) groups excluding carboxylic acids is 1. The maximum absolute atomic E-state index is 12.1. The number of amides is 1. The second kappa shape index (κ2) is 5.45. The molecule has 5 nitrogen and oxygen atoms in total. The fraction of sp³-hybridized carbons (Fsp3) is 0.333. The number of thiophene rings is 1. The van der Waals surface area contributed by atoms with Crippen LogP contribution in [0.5, 0.6) is 0 Å². The lowest BCUT2D eigenvalue weighted by Crippen LogP contribution is -2.21. The molecule has 0 spiro atoms. The summed E-state index contributed by atoms with van der Waals surface area (Å²) in [6.07, 6.45) is -2.55. The smallest absolute Gasteiger partial charge is 0.256 e. The molecule has 1 heterocycles. The van der Waals surface area contributed by atoms with Gasteiger partial charge in [-0.2, -0.15) is 5.26 Å². The summed E-state index contributed by atoms with van der Waals surface area (Å²) in [4.78, 5) is 11.6. The normalized spacial score (nSPS) is 10.1. The zero-order valence-electron chi connectivity index (χ0n) is 8.88. The molecule has 4 N–H and O–H groups in total. The third-order valence-electron chi connectivity index (χ3n) is 1.92. The van der Waals surface area contributed by atoms with Gasteiger partial charge in [0.05, 0.1) is 17.8 Å². The van der Waals surface area contributed by atoms with Crippen molar-refractivity contribution in [2.24, 2.45) is 0 Å². The molecule has 1 rings (SSSR count). The predicted octanol–water partition coefficient (Wildman–Crippen LogP) is 1.24. The van der Waals surface area contributed by atoms with E-state index in [0.29, 0.717) is 0 Å². The van der Waals surface area contributed by atoms with Gasteiger partial charge in [0, 0.05) is 7.05 Å². The van der Waals surface area contributed by atoms with Crippen molar-refractivity contribution in [1.29, 1.82) is 5.26 Å². The quantitative estimate of drug-likeness (QED) is 0.759. The Bertz CT molecular complexity index is 466. The average molecular weight is 260 g/mol. The van der Waals surface area contributed by atoms with Crippen LogP contribution < -0.4 is 16.4 Å². The summed E-state index contributed by atoms with van der Waals surface area (Å²) in [5, 5.41) is 13.7. The van der Waals surface area contributed by atoms with Crippen LogP contribution in [0.25, 0.3) is 0 Å². The van der Waals surface area contributed by atoms with Gasteiger partial charge in [0.25, 0.3) is 12.3 Å². The van der Waals surface area contributed by atoms with Gasteiger partial charge in [-0.3, -0.25) is 4.79 Å². The zero-order valence-corrected chi connectivity index (χ0v) is 9.70. The molecule has 92 valence electrons. The first kappa shape index (κ1) is 13.2. The molecule has 1 amide bonds. The van der Waals surface area contributed by atoms with Crippen LogP contribution in [0.15, 0.2) is 0 Å². The van der Waals surface area contributed by atoms with E-state index in [1.807, 2.05) is 6.07 Å². The van der Waals surface area contributed by atoms with Gasteiger partial charge in [0.15, 0.2) is 0 Å². The monoisotopic (exact) mass is 260 g/mol. The van der Waals surface area contributed by atoms with Crippen LogP contribution in [0.3, 0.4) is 0 Å². The molecule has 0 unspecified atom stereocenters. The number of anilines is 2. The minimum atomic E-state index is -2.55. The van der Waals surface area contributed by atoms with Gasteiger partial charge in [-0.1, -0.05) is 0 Å². The molecule has 0 aliphatic carbocycles. The maximum atomic E-state index is 12.1. The number of nitrogens with zero attached hydrogens (tertiary/aromatic N) is 1. The number of halogens is 2. The Kier molecular flexibility index (Phi) is 4.23. The van der Waals surface area contributed by atoms with E-state index in [1.54, 1.807) is 0 Å². The first-order chi connectivity index (χ1) is 8.01. The molecule has 0 bridgehead atoms. The Morgan fingerprint density at radius 3 is 2.76 bits per heavy atom. The summed E-state index contributed by atoms with van der Waals surface area (Å²) < 4.78 is 24.1. The minimum absolute atomic E-state index is 0.00798. The van der Waals surface area contributed by atoms with Crippen LogP contribution >= 0.6 is 11.3 Å². The highest BCUT2D eigenvalue weighted by Gasteiger charge is 2.21. The molecule has 1 aromatic heterocycles. The summed E-state index contributed by atoms with van der Waals surface area (Å²) in [7, 11) is 1.39. The van der Waals surface area contributed by atoms with Gasteiger partial charge in [-0.15, -0.1) is 11.3 Å². The topological polar surface area (TPSA) is 90.9 Å². The highest BCUT2D eigenvalue weighted by Crippen LogP contribution is 2.35. The number of nitriles is 1. The van der Waals surface area contributed by atoms with E-state index in [1.165, 1.54) is 7.05 Å². The average Bonchev–Trinajstić information content (AvgIpc) is 2.62. The third-order valence-corrected chi connectivity index (χ3v) is 2.99. The fourth-order valence-corrected chi connectivity index (χ4v) is 2.09. The van der Waals surface area contributed by atoms with Crippen LogP contribution in [0.1, 0.15) is 15.2 Å². The van der Waals surface area contributed by atoms with Crippen molar-refractivity contribution in [2.45, 2.75) is 6.43 Å². The minimum Gasteiger partial charge on any atom is -0.396 e. The van der Waals surface area contributed by atoms with E-state index in [-0.39, 0.29) is 21.1 Å². The number of rotatable bonds is 4. The van der Waals surface area contributed by atoms with Crippen LogP contribution in [0, 0.1) is 11.3 Å². The maximum Gasteiger partial charge on any atom is 0.256 e. The Morgan fingerprint density at radius 2 is 2.29 bits per heavy atom. The van der Waals surface area contributed by atoms with Crippen molar-refractivity contribution in [3.63, 3.8) is 0 Å². The highest BCUT2D eigenvalue weighted by molar-refractivity contribution is 7.17. The predicted molar refractivity (Wildman–Crippen MR) is 61.3 cm³/mol. The Balaban J connectivity index is 3.11. The number of hydrogen-bond donors (Lipinski definition) is 3. The standard InChI is InChI=1S/C9H10F2N4OS/c1-14-8(16)6-7(13)4(2-12)17-9(6)15-3-5(10)11/h5,15H,3,13H2,1H3,(H,14,16). The highest BCUT2D eigenvalue weighted by atomic mass is 32.1. The van der Waals surface area contributed by atoms with Gasteiger partial charge >= 0.3 is 0 Å². The van der Waals surface area contributed by atoms with Crippen molar-refractivity contribution in [1.82, 2.24) is 5.32 Å². The van der Waals surface area contributed by atoms with E-state index in [2.05, 4.69) is 10.6 Å². The third kappa shape index (κ3) is 2.82. The summed E-state index contributed by atoms with van der Waals surface area (Å²) in [5.41, 5.74) is 5.64. The number of hydrogen-bond acceptors (Lipinski definition) is 5. The molecule has 0 saturated heterocycles. The number of nitrogens with two attached hydrogens (primary N) is 1. The molecular formula is C9H10F2N4OS. The van der Waals surface area contributed by atoms with Crippen LogP contribution in [0.2, 0.25) is 0 Å². The first-order valence-electron chi connectivity index (χ1n) is 4.57. The van der Waals surface area contributed by atoms with Gasteiger partial charge in [-0.05, 0) is 0 Å². The lowest BCUT2D eigenvalue weighted by atomic mass is 10.2. The van der Waals surface area contributed by atoms with E-state index >= 15 is 0 Å². The first-order valence-corrected chi connectivity index (χ1v) is 5.39. The van der Waals surface area contributed by atoms with Gasteiger partial charge in [-0.25, -0.2) is 8.78 Å². The summed E-state index contributed by atoms with van der Waals surface area (Å²) in [6, 6.07) is 1.81. The largest absolute Gasteiger partial charge is 0.396 e. The Hall–Kier alpha value is -1.88. The molecule has 0 aliphatic rings. The molecular weight excluding hydrogens is 250 g/mol. The van der Waals surface area contributed by atoms with E-state index in [9.17, 15) is 13.6 Å². The molecule has 0 radical (unpaired) electrons. The molecule has 0 fully saturated rings. The van der Waals surface area contributed by atoms with Crippen LogP contribution in [-0.4, -0.2) is 25.9 Å². The van der Waals surface area contributed by atoms with Gasteiger partial charge < -0.3 is 16.4 Å². The number of alkyl halides is 2. The summed E-state index contributed by atoms with van der Waals surface area (Å²) in [5.74, 6) is -0.517. The fourth-order valence-electron chi connectivity index (χ4n) is 1.17. The Labute approximate surface area is 100 Å². The molecule has 8 heteroatoms. The van der Waals surface area contributed by atoms with Crippen LogP contribution in [0.4, 0.5) is 19.5 Å². The van der Waals surface area contributed by atoms with Crippen molar-refractivity contribution in [2.75, 3.05) is 24.6 Å². The van der Waals surface area contributed by atoms with E-state index in [0.717, 1.165) is 11.3 Å². The van der Waals surface area contributed by atoms with E-state index in [4.69, 9.17) is 11.0 Å². The number of carbonyl (C=O) groups is 1. The second-order valence-corrected chi connectivity index (χ2v) is 4.03. The molecule has 0 atom stereocenters. The second-order valence-electron chi connectivity index (χ2n) is 3.01. The number of nitrogen functional groups attached to an aromatic ring is 1. The molecule has 17 heavy (non-hydrogen) atoms. The van der Waals surface area contributed by atoms with E-state index < -0.39 is 18.9 Å². The lowest BCUT2D eigenvalue weighted by molar-refractivity contribution is 0.0964. The molecule has 1 aromatic rings. The van der Waals surface area contributed by atoms with Crippen molar-refractivity contribution < 1.29 is 13.6 Å². The van der Waals surface area contributed by atoms with Crippen molar-refractivity contribution in [3.8, 4) is 6.07 Å². The summed E-state index contributed by atoms with van der Waals surface area (Å²) in [6.45, 7) is -0.602. The molecule has 0 aromatic carbocycles. The SMILES string of the molecule is CNC(=O)c1c(NCC(F)F)sc(C#N)c1N. The lowest BCUT2D eigenvalue weighted by Gasteiger charge is -2.06. The summed E-state index contributed by atoms with van der Waals surface area (Å²) >= 11 is 0.880. The van der Waals surface area contributed by atoms with Gasteiger partial charge in [0.1, 0.15) is 15.9 Å². The number of nitrogens with one attached hydrogen (secondary N) is 2. The molecule has 0 aliphatic heterocycles.